The van der Waals surface area contributed by atoms with Gasteiger partial charge in [-0.1, -0.05) is 17.7 Å². The third-order valence-corrected chi connectivity index (χ3v) is 4.76. The summed E-state index contributed by atoms with van der Waals surface area (Å²) in [6.45, 7) is 5.17. The monoisotopic (exact) mass is 361 g/mol. The SMILES string of the molecule is C[C@H](C(=O)Nc1ccc(F)cc1)N1CCN(c2cccc(Cl)c2)CC1. The Kier molecular flexibility index (Phi) is 5.56. The molecular weight excluding hydrogens is 341 g/mol. The lowest BCUT2D eigenvalue weighted by Crippen LogP contribution is -2.52. The Morgan fingerprint density at radius 1 is 1.12 bits per heavy atom. The molecule has 1 amide bonds. The van der Waals surface area contributed by atoms with Gasteiger partial charge in [0, 0.05) is 42.6 Å². The largest absolute Gasteiger partial charge is 0.369 e. The second kappa shape index (κ2) is 7.85. The number of hydrogen-bond donors (Lipinski definition) is 1. The number of piperazine rings is 1. The van der Waals surface area contributed by atoms with Crippen molar-refractivity contribution in [3.05, 3.63) is 59.4 Å². The van der Waals surface area contributed by atoms with Crippen LogP contribution in [0.2, 0.25) is 5.02 Å². The van der Waals surface area contributed by atoms with Crippen molar-refractivity contribution in [3.63, 3.8) is 0 Å². The highest BCUT2D eigenvalue weighted by Crippen LogP contribution is 2.21. The zero-order valence-corrected chi connectivity index (χ0v) is 14.8. The Morgan fingerprint density at radius 2 is 1.80 bits per heavy atom. The molecule has 0 spiro atoms. The molecule has 1 heterocycles. The highest BCUT2D eigenvalue weighted by atomic mass is 35.5. The fraction of sp³-hybridized carbons (Fsp3) is 0.316. The zero-order valence-electron chi connectivity index (χ0n) is 14.1. The quantitative estimate of drug-likeness (QED) is 0.903. The number of carbonyl (C=O) groups excluding carboxylic acids is 1. The van der Waals surface area contributed by atoms with E-state index in [1.54, 1.807) is 12.1 Å². The molecule has 3 rings (SSSR count). The van der Waals surface area contributed by atoms with Gasteiger partial charge in [0.25, 0.3) is 0 Å². The standard InChI is InChI=1S/C19H21ClFN3O/c1-14(19(25)22-17-7-5-16(21)6-8-17)23-9-11-24(12-10-23)18-4-2-3-15(20)13-18/h2-8,13-14H,9-12H2,1H3,(H,22,25)/t14-/m1/s1. The number of anilines is 2. The fourth-order valence-electron chi connectivity index (χ4n) is 2.99. The number of rotatable bonds is 4. The van der Waals surface area contributed by atoms with Gasteiger partial charge in [0.2, 0.25) is 5.91 Å². The molecule has 0 unspecified atom stereocenters. The van der Waals surface area contributed by atoms with Crippen molar-refractivity contribution in [1.82, 2.24) is 4.90 Å². The smallest absolute Gasteiger partial charge is 0.241 e. The van der Waals surface area contributed by atoms with Crippen LogP contribution in [0.15, 0.2) is 48.5 Å². The van der Waals surface area contributed by atoms with Crippen molar-refractivity contribution in [3.8, 4) is 0 Å². The first-order chi connectivity index (χ1) is 12.0. The number of amides is 1. The van der Waals surface area contributed by atoms with E-state index >= 15 is 0 Å². The summed E-state index contributed by atoms with van der Waals surface area (Å²) in [6, 6.07) is 13.4. The van der Waals surface area contributed by atoms with Crippen molar-refractivity contribution in [2.24, 2.45) is 0 Å². The van der Waals surface area contributed by atoms with Crippen LogP contribution in [0.3, 0.4) is 0 Å². The third-order valence-electron chi connectivity index (χ3n) is 4.53. The molecule has 1 saturated heterocycles. The molecule has 4 nitrogen and oxygen atoms in total. The van der Waals surface area contributed by atoms with Crippen LogP contribution in [-0.2, 0) is 4.79 Å². The van der Waals surface area contributed by atoms with Crippen molar-refractivity contribution < 1.29 is 9.18 Å². The molecule has 1 atom stereocenters. The lowest BCUT2D eigenvalue weighted by Gasteiger charge is -2.38. The van der Waals surface area contributed by atoms with Crippen molar-refractivity contribution >= 4 is 28.9 Å². The molecule has 2 aromatic carbocycles. The van der Waals surface area contributed by atoms with Gasteiger partial charge in [-0.15, -0.1) is 0 Å². The van der Waals surface area contributed by atoms with Gasteiger partial charge < -0.3 is 10.2 Å². The average Bonchev–Trinajstić information content (AvgIpc) is 2.63. The Labute approximate surface area is 152 Å². The molecule has 0 saturated carbocycles. The lowest BCUT2D eigenvalue weighted by atomic mass is 10.2. The van der Waals surface area contributed by atoms with Crippen molar-refractivity contribution in [2.45, 2.75) is 13.0 Å². The van der Waals surface area contributed by atoms with Gasteiger partial charge in [-0.2, -0.15) is 0 Å². The molecular formula is C19H21ClFN3O. The van der Waals surface area contributed by atoms with E-state index < -0.39 is 0 Å². The van der Waals surface area contributed by atoms with Crippen LogP contribution >= 0.6 is 11.6 Å². The summed E-state index contributed by atoms with van der Waals surface area (Å²) in [7, 11) is 0. The maximum atomic E-state index is 12.9. The van der Waals surface area contributed by atoms with Gasteiger partial charge >= 0.3 is 0 Å². The van der Waals surface area contributed by atoms with Crippen LogP contribution in [0.5, 0.6) is 0 Å². The normalized spacial score (nSPS) is 16.5. The molecule has 6 heteroatoms. The molecule has 1 fully saturated rings. The van der Waals surface area contributed by atoms with E-state index in [0.29, 0.717) is 5.69 Å². The second-order valence-electron chi connectivity index (χ2n) is 6.18. The van der Waals surface area contributed by atoms with Crippen molar-refractivity contribution in [2.75, 3.05) is 36.4 Å². The predicted molar refractivity (Wildman–Crippen MR) is 99.7 cm³/mol. The summed E-state index contributed by atoms with van der Waals surface area (Å²) in [5, 5.41) is 3.57. The van der Waals surface area contributed by atoms with Gasteiger partial charge in [0.15, 0.2) is 0 Å². The second-order valence-corrected chi connectivity index (χ2v) is 6.61. The van der Waals surface area contributed by atoms with E-state index in [1.165, 1.54) is 12.1 Å². The number of benzene rings is 2. The lowest BCUT2D eigenvalue weighted by molar-refractivity contribution is -0.120. The van der Waals surface area contributed by atoms with Gasteiger partial charge in [0.05, 0.1) is 6.04 Å². The minimum Gasteiger partial charge on any atom is -0.369 e. The van der Waals surface area contributed by atoms with Crippen LogP contribution in [0.4, 0.5) is 15.8 Å². The van der Waals surface area contributed by atoms with E-state index in [-0.39, 0.29) is 17.8 Å². The topological polar surface area (TPSA) is 35.6 Å². The Bertz CT molecular complexity index is 730. The molecule has 0 radical (unpaired) electrons. The first kappa shape index (κ1) is 17.7. The van der Waals surface area contributed by atoms with Crippen LogP contribution in [0.25, 0.3) is 0 Å². The van der Waals surface area contributed by atoms with E-state index in [2.05, 4.69) is 15.1 Å². The number of carbonyl (C=O) groups is 1. The summed E-state index contributed by atoms with van der Waals surface area (Å²) >= 11 is 6.06. The summed E-state index contributed by atoms with van der Waals surface area (Å²) in [5.74, 6) is -0.397. The van der Waals surface area contributed by atoms with E-state index in [0.717, 1.165) is 36.9 Å². The van der Waals surface area contributed by atoms with E-state index in [4.69, 9.17) is 11.6 Å². The minimum absolute atomic E-state index is 0.0807. The summed E-state index contributed by atoms with van der Waals surface area (Å²) in [5.41, 5.74) is 1.71. The highest BCUT2D eigenvalue weighted by molar-refractivity contribution is 6.30. The first-order valence-corrected chi connectivity index (χ1v) is 8.72. The maximum Gasteiger partial charge on any atom is 0.241 e. The average molecular weight is 362 g/mol. The molecule has 2 aromatic rings. The fourth-order valence-corrected chi connectivity index (χ4v) is 3.17. The predicted octanol–water partition coefficient (Wildman–Crippen LogP) is 3.63. The number of halogens is 2. The van der Waals surface area contributed by atoms with Crippen molar-refractivity contribution in [1.29, 1.82) is 0 Å². The molecule has 1 aliphatic heterocycles. The molecule has 1 aliphatic rings. The summed E-state index contributed by atoms with van der Waals surface area (Å²) < 4.78 is 12.9. The van der Waals surface area contributed by atoms with Crippen LogP contribution < -0.4 is 10.2 Å². The third kappa shape index (κ3) is 4.50. The molecule has 0 aromatic heterocycles. The number of nitrogens with one attached hydrogen (secondary N) is 1. The van der Waals surface area contributed by atoms with Gasteiger partial charge in [-0.05, 0) is 49.4 Å². The van der Waals surface area contributed by atoms with Crippen LogP contribution in [-0.4, -0.2) is 43.0 Å². The maximum absolute atomic E-state index is 12.9. The number of nitrogens with zero attached hydrogens (tertiary/aromatic N) is 2. The van der Waals surface area contributed by atoms with E-state index in [9.17, 15) is 9.18 Å². The Hall–Kier alpha value is -2.11. The molecule has 132 valence electrons. The summed E-state index contributed by atoms with van der Waals surface area (Å²) in [6.07, 6.45) is 0. The van der Waals surface area contributed by atoms with Gasteiger partial charge in [-0.3, -0.25) is 9.69 Å². The zero-order chi connectivity index (χ0) is 17.8. The first-order valence-electron chi connectivity index (χ1n) is 8.34. The Balaban J connectivity index is 1.54. The van der Waals surface area contributed by atoms with E-state index in [1.807, 2.05) is 31.2 Å². The molecule has 25 heavy (non-hydrogen) atoms. The highest BCUT2D eigenvalue weighted by Gasteiger charge is 2.25. The summed E-state index contributed by atoms with van der Waals surface area (Å²) in [4.78, 5) is 16.8. The molecule has 0 bridgehead atoms. The van der Waals surface area contributed by atoms with Gasteiger partial charge in [0.1, 0.15) is 5.82 Å². The van der Waals surface area contributed by atoms with Crippen LogP contribution in [0.1, 0.15) is 6.92 Å². The minimum atomic E-state index is -0.316. The Morgan fingerprint density at radius 3 is 2.44 bits per heavy atom. The number of hydrogen-bond acceptors (Lipinski definition) is 3. The van der Waals surface area contributed by atoms with Crippen LogP contribution in [0, 0.1) is 5.82 Å². The molecule has 1 N–H and O–H groups in total. The van der Waals surface area contributed by atoms with Gasteiger partial charge in [-0.25, -0.2) is 4.39 Å². The molecule has 0 aliphatic carbocycles.